The second-order valence-corrected chi connectivity index (χ2v) is 10.8. The van der Waals surface area contributed by atoms with Crippen molar-refractivity contribution < 1.29 is 32.7 Å². The van der Waals surface area contributed by atoms with Crippen LogP contribution in [-0.2, 0) is 31.0 Å². The molecule has 1 aromatic heterocycles. The summed E-state index contributed by atoms with van der Waals surface area (Å²) in [4.78, 5) is 41.1. The minimum Gasteiger partial charge on any atom is -0.377 e. The third-order valence-electron chi connectivity index (χ3n) is 6.34. The molecule has 220 valence electrons. The van der Waals surface area contributed by atoms with Crippen LogP contribution >= 0.6 is 0 Å². The van der Waals surface area contributed by atoms with E-state index in [1.807, 2.05) is 13.8 Å². The maximum atomic E-state index is 12.9. The van der Waals surface area contributed by atoms with E-state index in [0.29, 0.717) is 41.3 Å². The molecule has 0 saturated heterocycles. The molecule has 0 radical (unpaired) electrons. The largest absolute Gasteiger partial charge is 0.377 e. The van der Waals surface area contributed by atoms with Gasteiger partial charge in [-0.1, -0.05) is 39.2 Å². The molecule has 40 heavy (non-hydrogen) atoms. The third kappa shape index (κ3) is 9.66. The maximum absolute atomic E-state index is 12.9. The number of pyridine rings is 1. The van der Waals surface area contributed by atoms with Crippen molar-refractivity contribution in [3.05, 3.63) is 47.7 Å². The fourth-order valence-corrected chi connectivity index (χ4v) is 4.88. The van der Waals surface area contributed by atoms with Gasteiger partial charge in [0.25, 0.3) is 5.91 Å². The number of nitrogens with one attached hydrogen (secondary N) is 2. The van der Waals surface area contributed by atoms with E-state index in [9.17, 15) is 28.0 Å². The average molecular weight is 578 g/mol. The number of hydrogen-bond acceptors (Lipinski definition) is 8. The van der Waals surface area contributed by atoms with Gasteiger partial charge in [0.05, 0.1) is 35.8 Å². The second-order valence-electron chi connectivity index (χ2n) is 9.24. The monoisotopic (exact) mass is 577 g/mol. The Morgan fingerprint density at radius 2 is 1.90 bits per heavy atom. The van der Waals surface area contributed by atoms with Crippen molar-refractivity contribution >= 4 is 28.2 Å². The standard InChI is InChI=1S/C27H39N5O7S/c1-4-7-8-10-22(25(5-2)32(36)18-33)26(34)29-17-30-27(35)24-12-9-11-23(31-24)20-13-19(16-39-6-3)14-21(15-20)40(28,37)38/h9,11-15,18,22,25,36H,4-8,10,16-17H2,1-3H3,(H,29,34)(H,30,35)(H2,28,37,38)/t22-,25-/m1/s1. The molecule has 0 spiro atoms. The Bertz CT molecular complexity index is 1260. The minimum atomic E-state index is -4.00. The van der Waals surface area contributed by atoms with Crippen LogP contribution < -0.4 is 15.8 Å². The van der Waals surface area contributed by atoms with Crippen LogP contribution in [0.4, 0.5) is 0 Å². The van der Waals surface area contributed by atoms with Crippen molar-refractivity contribution in [2.75, 3.05) is 13.3 Å². The highest BCUT2D eigenvalue weighted by Gasteiger charge is 2.30. The number of unbranched alkanes of at least 4 members (excludes halogenated alkanes) is 2. The first-order chi connectivity index (χ1) is 19.0. The summed E-state index contributed by atoms with van der Waals surface area (Å²) in [6, 6.07) is 8.54. The predicted octanol–water partition coefficient (Wildman–Crippen LogP) is 2.56. The number of amides is 3. The fraction of sp³-hybridized carbons (Fsp3) is 0.481. The van der Waals surface area contributed by atoms with Crippen molar-refractivity contribution in [3.63, 3.8) is 0 Å². The first-order valence-electron chi connectivity index (χ1n) is 13.3. The van der Waals surface area contributed by atoms with Crippen LogP contribution in [0.3, 0.4) is 0 Å². The summed E-state index contributed by atoms with van der Waals surface area (Å²) in [5, 5.41) is 21.1. The van der Waals surface area contributed by atoms with Crippen molar-refractivity contribution in [1.29, 1.82) is 0 Å². The first-order valence-corrected chi connectivity index (χ1v) is 14.8. The maximum Gasteiger partial charge on any atom is 0.271 e. The number of hydroxylamine groups is 2. The van der Waals surface area contributed by atoms with Crippen LogP contribution in [-0.4, -0.2) is 61.2 Å². The van der Waals surface area contributed by atoms with Gasteiger partial charge in [-0.25, -0.2) is 23.6 Å². The lowest BCUT2D eigenvalue weighted by molar-refractivity contribution is -0.168. The van der Waals surface area contributed by atoms with Crippen LogP contribution in [0.25, 0.3) is 11.3 Å². The highest BCUT2D eigenvalue weighted by molar-refractivity contribution is 7.89. The molecule has 1 heterocycles. The van der Waals surface area contributed by atoms with Crippen LogP contribution in [0, 0.1) is 5.92 Å². The lowest BCUT2D eigenvalue weighted by atomic mass is 9.90. The zero-order chi connectivity index (χ0) is 29.7. The van der Waals surface area contributed by atoms with Gasteiger partial charge in [0, 0.05) is 12.2 Å². The number of aromatic nitrogens is 1. The molecule has 0 aliphatic rings. The zero-order valence-electron chi connectivity index (χ0n) is 23.1. The van der Waals surface area contributed by atoms with Gasteiger partial charge in [-0.3, -0.25) is 19.6 Å². The Kier molecular flexibility index (Phi) is 13.1. The number of nitrogens with zero attached hydrogens (tertiary/aromatic N) is 2. The molecular formula is C27H39N5O7S. The van der Waals surface area contributed by atoms with E-state index in [1.54, 1.807) is 25.1 Å². The number of sulfonamides is 1. The van der Waals surface area contributed by atoms with Gasteiger partial charge in [0.2, 0.25) is 22.3 Å². The van der Waals surface area contributed by atoms with Crippen LogP contribution in [0.1, 0.15) is 68.9 Å². The Hall–Kier alpha value is -3.39. The summed E-state index contributed by atoms with van der Waals surface area (Å²) in [6.45, 7) is 6.04. The Morgan fingerprint density at radius 1 is 1.15 bits per heavy atom. The molecule has 1 aromatic carbocycles. The molecule has 0 aliphatic carbocycles. The van der Waals surface area contributed by atoms with E-state index in [1.165, 1.54) is 18.2 Å². The highest BCUT2D eigenvalue weighted by atomic mass is 32.2. The average Bonchev–Trinajstić information content (AvgIpc) is 2.94. The van der Waals surface area contributed by atoms with Crippen molar-refractivity contribution in [1.82, 2.24) is 20.7 Å². The summed E-state index contributed by atoms with van der Waals surface area (Å²) >= 11 is 0. The summed E-state index contributed by atoms with van der Waals surface area (Å²) < 4.78 is 29.4. The second kappa shape index (κ2) is 16.0. The number of carbonyl (C=O) groups is 3. The number of ether oxygens (including phenoxy) is 1. The zero-order valence-corrected chi connectivity index (χ0v) is 23.9. The quantitative estimate of drug-likeness (QED) is 0.0727. The molecule has 3 amide bonds. The van der Waals surface area contributed by atoms with E-state index < -0.39 is 33.8 Å². The normalized spacial score (nSPS) is 12.8. The Labute approximate surface area is 235 Å². The number of benzene rings is 1. The lowest BCUT2D eigenvalue weighted by Crippen LogP contribution is -2.47. The molecule has 2 atom stereocenters. The van der Waals surface area contributed by atoms with Gasteiger partial charge in [-0.2, -0.15) is 0 Å². The molecule has 13 heteroatoms. The van der Waals surface area contributed by atoms with E-state index >= 15 is 0 Å². The molecule has 0 aliphatic heterocycles. The summed E-state index contributed by atoms with van der Waals surface area (Å²) in [6.07, 6.45) is 3.74. The molecule has 0 unspecified atom stereocenters. The van der Waals surface area contributed by atoms with Crippen molar-refractivity contribution in [2.45, 2.75) is 70.4 Å². The number of rotatable bonds is 17. The summed E-state index contributed by atoms with van der Waals surface area (Å²) in [5.74, 6) is -1.61. The number of hydrogen-bond donors (Lipinski definition) is 4. The molecular weight excluding hydrogens is 538 g/mol. The molecule has 2 aromatic rings. The van der Waals surface area contributed by atoms with Gasteiger partial charge >= 0.3 is 0 Å². The van der Waals surface area contributed by atoms with Crippen molar-refractivity contribution in [2.24, 2.45) is 11.1 Å². The van der Waals surface area contributed by atoms with Crippen LogP contribution in [0.5, 0.6) is 0 Å². The number of carbonyl (C=O) groups excluding carboxylic acids is 3. The van der Waals surface area contributed by atoms with E-state index in [4.69, 9.17) is 9.88 Å². The molecule has 0 saturated carbocycles. The fourth-order valence-electron chi connectivity index (χ4n) is 4.28. The smallest absolute Gasteiger partial charge is 0.271 e. The summed E-state index contributed by atoms with van der Waals surface area (Å²) in [7, 11) is -4.00. The third-order valence-corrected chi connectivity index (χ3v) is 7.24. The van der Waals surface area contributed by atoms with Crippen LogP contribution in [0.15, 0.2) is 41.3 Å². The van der Waals surface area contributed by atoms with E-state index in [2.05, 4.69) is 15.6 Å². The van der Waals surface area contributed by atoms with Crippen molar-refractivity contribution in [3.8, 4) is 11.3 Å². The van der Waals surface area contributed by atoms with Gasteiger partial charge in [0.1, 0.15) is 5.69 Å². The molecule has 0 bridgehead atoms. The number of primary sulfonamides is 1. The number of nitrogens with two attached hydrogens (primary N) is 1. The van der Waals surface area contributed by atoms with Gasteiger partial charge in [0.15, 0.2) is 0 Å². The molecule has 0 fully saturated rings. The van der Waals surface area contributed by atoms with Gasteiger partial charge < -0.3 is 15.4 Å². The highest BCUT2D eigenvalue weighted by Crippen LogP contribution is 2.24. The topological polar surface area (TPSA) is 181 Å². The summed E-state index contributed by atoms with van der Waals surface area (Å²) in [5.41, 5.74) is 1.41. The van der Waals surface area contributed by atoms with Gasteiger partial charge in [-0.05, 0) is 55.7 Å². The Morgan fingerprint density at radius 3 is 2.52 bits per heavy atom. The molecule has 12 nitrogen and oxygen atoms in total. The van der Waals surface area contributed by atoms with Crippen LogP contribution in [0.2, 0.25) is 0 Å². The minimum absolute atomic E-state index is 0.0486. The predicted molar refractivity (Wildman–Crippen MR) is 148 cm³/mol. The SMILES string of the molecule is CCCCC[C@@H](C(=O)NCNC(=O)c1cccc(-c2cc(COCC)cc(S(N)(=O)=O)c2)n1)[C@@H](CC)N(O)C=O. The molecule has 2 rings (SSSR count). The van der Waals surface area contributed by atoms with E-state index in [-0.39, 0.29) is 30.3 Å². The first kappa shape index (κ1) is 32.8. The lowest BCUT2D eigenvalue weighted by Gasteiger charge is -2.29. The molecule has 5 N–H and O–H groups in total. The van der Waals surface area contributed by atoms with Gasteiger partial charge in [-0.15, -0.1) is 0 Å². The Balaban J connectivity index is 2.16. The van der Waals surface area contributed by atoms with E-state index in [0.717, 1.165) is 19.3 Å².